The summed E-state index contributed by atoms with van der Waals surface area (Å²) < 4.78 is 7.38. The van der Waals surface area contributed by atoms with Crippen LogP contribution >= 0.6 is 11.3 Å². The Hall–Kier alpha value is -7.41. The molecule has 0 saturated heterocycles. The number of hydrogen-bond acceptors (Lipinski definition) is 4. The van der Waals surface area contributed by atoms with E-state index in [0.29, 0.717) is 17.5 Å². The second kappa shape index (κ2) is 12.6. The SMILES string of the molecule is c1ccc(-c2nc(-c3ccccc3)nc(-c3cccc4c3c3ccc5sc6c(-n7c8ccccc8c8ccccc87)cccc6c5c3n4-c3ccccc3)n2)cc1. The number of nitrogens with zero attached hydrogens (tertiary/aromatic N) is 5. The van der Waals surface area contributed by atoms with Crippen molar-refractivity contribution in [3.63, 3.8) is 0 Å². The number of aromatic nitrogens is 5. The van der Waals surface area contributed by atoms with Crippen molar-refractivity contribution in [3.8, 4) is 45.5 Å². The lowest BCUT2D eigenvalue weighted by Gasteiger charge is -2.11. The minimum atomic E-state index is 0.643. The van der Waals surface area contributed by atoms with Gasteiger partial charge in [-0.05, 0) is 42.5 Å². The molecule has 0 N–H and O–H groups in total. The van der Waals surface area contributed by atoms with Gasteiger partial charge in [0.05, 0.1) is 32.5 Å². The molecule has 5 nitrogen and oxygen atoms in total. The van der Waals surface area contributed by atoms with Crippen LogP contribution in [0.3, 0.4) is 0 Å². The maximum absolute atomic E-state index is 5.20. The highest BCUT2D eigenvalue weighted by Gasteiger charge is 2.24. The Morgan fingerprint density at radius 2 is 0.912 bits per heavy atom. The van der Waals surface area contributed by atoms with Crippen molar-refractivity contribution in [2.45, 2.75) is 0 Å². The highest BCUT2D eigenvalue weighted by Crippen LogP contribution is 2.47. The molecular formula is C51H31N5S. The molecule has 0 amide bonds. The van der Waals surface area contributed by atoms with Crippen molar-refractivity contribution in [1.29, 1.82) is 0 Å². The highest BCUT2D eigenvalue weighted by molar-refractivity contribution is 7.26. The van der Waals surface area contributed by atoms with Gasteiger partial charge in [0.2, 0.25) is 0 Å². The second-order valence-corrected chi connectivity index (χ2v) is 15.4. The minimum Gasteiger partial charge on any atom is -0.309 e. The zero-order valence-electron chi connectivity index (χ0n) is 30.5. The van der Waals surface area contributed by atoms with Crippen LogP contribution in [0, 0.1) is 0 Å². The normalized spacial score (nSPS) is 11.9. The first kappa shape index (κ1) is 31.9. The van der Waals surface area contributed by atoms with Crippen molar-refractivity contribution in [2.24, 2.45) is 0 Å². The van der Waals surface area contributed by atoms with E-state index in [9.17, 15) is 0 Å². The fourth-order valence-corrected chi connectivity index (χ4v) is 9.95. The third kappa shape index (κ3) is 4.84. The Morgan fingerprint density at radius 1 is 0.368 bits per heavy atom. The van der Waals surface area contributed by atoms with Gasteiger partial charge in [-0.25, -0.2) is 15.0 Å². The quantitative estimate of drug-likeness (QED) is 0.176. The Balaban J connectivity index is 1.19. The van der Waals surface area contributed by atoms with Gasteiger partial charge in [-0.2, -0.15) is 0 Å². The molecule has 12 aromatic rings. The van der Waals surface area contributed by atoms with E-state index in [-0.39, 0.29) is 0 Å². The summed E-state index contributed by atoms with van der Waals surface area (Å²) >= 11 is 1.86. The van der Waals surface area contributed by atoms with Crippen molar-refractivity contribution in [1.82, 2.24) is 24.1 Å². The Morgan fingerprint density at radius 3 is 1.58 bits per heavy atom. The van der Waals surface area contributed by atoms with Crippen LogP contribution in [-0.2, 0) is 0 Å². The van der Waals surface area contributed by atoms with Crippen LogP contribution in [0.2, 0.25) is 0 Å². The summed E-state index contributed by atoms with van der Waals surface area (Å²) in [5.74, 6) is 1.93. The fourth-order valence-electron chi connectivity index (χ4n) is 8.74. The molecule has 0 aliphatic rings. The van der Waals surface area contributed by atoms with Crippen LogP contribution in [0.25, 0.3) is 109 Å². The van der Waals surface area contributed by atoms with Crippen LogP contribution in [0.4, 0.5) is 0 Å². The molecular weight excluding hydrogens is 715 g/mol. The van der Waals surface area contributed by atoms with Gasteiger partial charge in [-0.3, -0.25) is 0 Å². The molecule has 0 bridgehead atoms. The van der Waals surface area contributed by atoms with Crippen molar-refractivity contribution in [2.75, 3.05) is 0 Å². The van der Waals surface area contributed by atoms with E-state index in [1.165, 1.54) is 53.2 Å². The minimum absolute atomic E-state index is 0.643. The van der Waals surface area contributed by atoms with E-state index in [2.05, 4.69) is 161 Å². The standard InChI is InChI=1S/C51H31N5S/c1-4-16-32(17-5-1)49-52-50(33-18-6-2-7-19-33)54-51(53-49)39-25-15-28-42-45(39)37-30-31-44-46(47(37)55(42)34-20-8-3-9-21-34)38-24-14-29-43(48(38)57-44)56-40-26-12-10-22-35(40)36-23-11-13-27-41(36)56/h1-31H. The van der Waals surface area contributed by atoms with Crippen LogP contribution in [-0.4, -0.2) is 24.1 Å². The third-order valence-electron chi connectivity index (χ3n) is 11.2. The first-order valence-corrected chi connectivity index (χ1v) is 19.9. The van der Waals surface area contributed by atoms with E-state index < -0.39 is 0 Å². The first-order chi connectivity index (χ1) is 28.3. The maximum atomic E-state index is 5.20. The summed E-state index contributed by atoms with van der Waals surface area (Å²) in [6, 6.07) is 66.5. The zero-order valence-corrected chi connectivity index (χ0v) is 31.4. The van der Waals surface area contributed by atoms with Crippen molar-refractivity contribution < 1.29 is 0 Å². The fraction of sp³-hybridized carbons (Fsp3) is 0. The molecule has 8 aromatic carbocycles. The predicted molar refractivity (Wildman–Crippen MR) is 238 cm³/mol. The van der Waals surface area contributed by atoms with Gasteiger partial charge in [0, 0.05) is 59.4 Å². The van der Waals surface area contributed by atoms with Crippen LogP contribution < -0.4 is 0 Å². The summed E-state index contributed by atoms with van der Waals surface area (Å²) in [7, 11) is 0. The highest BCUT2D eigenvalue weighted by atomic mass is 32.1. The van der Waals surface area contributed by atoms with Gasteiger partial charge in [0.1, 0.15) is 0 Å². The molecule has 0 unspecified atom stereocenters. The molecule has 12 rings (SSSR count). The van der Waals surface area contributed by atoms with E-state index >= 15 is 0 Å². The molecule has 266 valence electrons. The molecule has 4 heterocycles. The summed E-state index contributed by atoms with van der Waals surface area (Å²) in [4.78, 5) is 15.4. The van der Waals surface area contributed by atoms with Gasteiger partial charge in [0.25, 0.3) is 0 Å². The van der Waals surface area contributed by atoms with Crippen LogP contribution in [0.1, 0.15) is 0 Å². The number of para-hydroxylation sites is 3. The summed E-state index contributed by atoms with van der Waals surface area (Å²) in [5.41, 5.74) is 9.84. The summed E-state index contributed by atoms with van der Waals surface area (Å²) in [5, 5.41) is 7.26. The van der Waals surface area contributed by atoms with E-state index in [4.69, 9.17) is 15.0 Å². The number of thiophene rings is 1. The van der Waals surface area contributed by atoms with Gasteiger partial charge < -0.3 is 9.13 Å². The summed E-state index contributed by atoms with van der Waals surface area (Å²) in [6.45, 7) is 0. The predicted octanol–water partition coefficient (Wildman–Crippen LogP) is 13.4. The maximum Gasteiger partial charge on any atom is 0.164 e. The second-order valence-electron chi connectivity index (χ2n) is 14.4. The molecule has 57 heavy (non-hydrogen) atoms. The average Bonchev–Trinajstić information content (AvgIpc) is 3.95. The zero-order chi connectivity index (χ0) is 37.5. The average molecular weight is 746 g/mol. The third-order valence-corrected chi connectivity index (χ3v) is 12.4. The largest absolute Gasteiger partial charge is 0.309 e. The molecule has 0 fully saturated rings. The molecule has 0 aliphatic heterocycles. The summed E-state index contributed by atoms with van der Waals surface area (Å²) in [6.07, 6.45) is 0. The van der Waals surface area contributed by atoms with E-state index in [1.807, 2.05) is 47.7 Å². The van der Waals surface area contributed by atoms with Crippen molar-refractivity contribution in [3.05, 3.63) is 188 Å². The van der Waals surface area contributed by atoms with E-state index in [0.717, 1.165) is 38.7 Å². The molecule has 0 atom stereocenters. The lowest BCUT2D eigenvalue weighted by molar-refractivity contribution is 1.08. The lowest BCUT2D eigenvalue weighted by Crippen LogP contribution is -2.00. The number of benzene rings is 8. The molecule has 0 spiro atoms. The van der Waals surface area contributed by atoms with Crippen LogP contribution in [0.15, 0.2) is 188 Å². The monoisotopic (exact) mass is 745 g/mol. The Kier molecular flexibility index (Phi) is 7.03. The molecule has 0 saturated carbocycles. The Bertz CT molecular complexity index is 3400. The van der Waals surface area contributed by atoms with Gasteiger partial charge in [-0.1, -0.05) is 146 Å². The van der Waals surface area contributed by atoms with Gasteiger partial charge in [0.15, 0.2) is 17.5 Å². The van der Waals surface area contributed by atoms with Gasteiger partial charge in [-0.15, -0.1) is 11.3 Å². The van der Waals surface area contributed by atoms with Crippen LogP contribution in [0.5, 0.6) is 0 Å². The number of rotatable bonds is 5. The molecule has 4 aromatic heterocycles. The first-order valence-electron chi connectivity index (χ1n) is 19.1. The number of hydrogen-bond donors (Lipinski definition) is 0. The smallest absolute Gasteiger partial charge is 0.164 e. The molecule has 0 aliphatic carbocycles. The van der Waals surface area contributed by atoms with Gasteiger partial charge >= 0.3 is 0 Å². The lowest BCUT2D eigenvalue weighted by atomic mass is 10.0. The topological polar surface area (TPSA) is 48.5 Å². The Labute approximate surface area is 331 Å². The molecule has 0 radical (unpaired) electrons. The van der Waals surface area contributed by atoms with Crippen molar-refractivity contribution >= 4 is 75.1 Å². The number of fused-ring (bicyclic) bond motifs is 10. The molecule has 6 heteroatoms. The van der Waals surface area contributed by atoms with E-state index in [1.54, 1.807) is 0 Å².